The van der Waals surface area contributed by atoms with Crippen LogP contribution in [0.3, 0.4) is 0 Å². The van der Waals surface area contributed by atoms with Gasteiger partial charge >= 0.3 is 33.0 Å². The fourth-order valence-corrected chi connectivity index (χ4v) is 3.36. The summed E-state index contributed by atoms with van der Waals surface area (Å²) in [7, 11) is 2.09. The van der Waals surface area contributed by atoms with Crippen molar-refractivity contribution in [3.8, 4) is 0 Å². The molecule has 238 valence electrons. The van der Waals surface area contributed by atoms with Crippen LogP contribution in [0.4, 0.5) is 0 Å². The molecule has 1 heterocycles. The Bertz CT molecular complexity index is 858. The van der Waals surface area contributed by atoms with E-state index in [1.807, 2.05) is 43.6 Å². The molecule has 2 rings (SSSR count). The van der Waals surface area contributed by atoms with Crippen molar-refractivity contribution in [3.05, 3.63) is 70.2 Å². The van der Waals surface area contributed by atoms with Crippen molar-refractivity contribution in [2.24, 2.45) is 0 Å². The second-order valence-corrected chi connectivity index (χ2v) is 8.97. The molecule has 2 aliphatic rings. The number of allylic oxidation sites excluding steroid dienone is 6. The van der Waals surface area contributed by atoms with E-state index in [1.165, 1.54) is 19.0 Å². The summed E-state index contributed by atoms with van der Waals surface area (Å²) in [6, 6.07) is 0.227. The van der Waals surface area contributed by atoms with Crippen LogP contribution < -0.4 is 5.32 Å². The minimum absolute atomic E-state index is 0. The predicted octanol–water partition coefficient (Wildman–Crippen LogP) is 2.69. The molecule has 0 radical (unpaired) electrons. The Labute approximate surface area is 271 Å². The second kappa shape index (κ2) is 30.0. The first-order chi connectivity index (χ1) is 18.4. The van der Waals surface area contributed by atoms with Gasteiger partial charge in [-0.25, -0.2) is 0 Å². The molecular formula is C28H47N5Ni2O5S+2. The summed E-state index contributed by atoms with van der Waals surface area (Å²) in [5.41, 5.74) is 2.73. The summed E-state index contributed by atoms with van der Waals surface area (Å²) in [6.07, 6.45) is 12.3. The third-order valence-corrected chi connectivity index (χ3v) is 5.12. The van der Waals surface area contributed by atoms with Crippen molar-refractivity contribution in [3.63, 3.8) is 0 Å². The molecule has 0 spiro atoms. The zero-order valence-corrected chi connectivity index (χ0v) is 27.5. The van der Waals surface area contributed by atoms with Gasteiger partial charge in [0, 0.05) is 43.5 Å². The van der Waals surface area contributed by atoms with Gasteiger partial charge in [-0.1, -0.05) is 56.4 Å². The molecule has 0 bridgehead atoms. The predicted molar refractivity (Wildman–Crippen MR) is 162 cm³/mol. The zero-order chi connectivity index (χ0) is 30.2. The molecule has 1 aliphatic heterocycles. The van der Waals surface area contributed by atoms with Crippen molar-refractivity contribution in [2.45, 2.75) is 59.7 Å². The molecule has 13 heteroatoms. The number of aliphatic hydroxyl groups excluding tert-OH is 2. The largest absolute Gasteiger partial charge is 2.00 e. The average molecular weight is 683 g/mol. The topological polar surface area (TPSA) is 153 Å². The molecule has 1 aliphatic carbocycles. The first kappa shape index (κ1) is 46.5. The average Bonchev–Trinajstić information content (AvgIpc) is 2.85. The molecule has 0 aromatic carbocycles. The van der Waals surface area contributed by atoms with Crippen molar-refractivity contribution in [1.82, 2.24) is 15.1 Å². The monoisotopic (exact) mass is 681 g/mol. The van der Waals surface area contributed by atoms with Gasteiger partial charge in [0.25, 0.3) is 0 Å². The summed E-state index contributed by atoms with van der Waals surface area (Å²) in [4.78, 5) is 17.5. The first-order valence-corrected chi connectivity index (χ1v) is 13.4. The number of likely N-dealkylation sites (N-methyl/N-ethyl adjacent to an activating group) is 2. The molecule has 1 unspecified atom stereocenters. The van der Waals surface area contributed by atoms with E-state index in [0.717, 1.165) is 55.9 Å². The fraction of sp³-hybridized carbons (Fsp3) is 0.571. The fourth-order valence-electron chi connectivity index (χ4n) is 3.36. The molecule has 0 fully saturated rings. The van der Waals surface area contributed by atoms with Gasteiger partial charge in [-0.3, -0.25) is 4.79 Å². The van der Waals surface area contributed by atoms with Crippen LogP contribution in [0.15, 0.2) is 59.5 Å². The number of hydrogen-bond acceptors (Lipinski definition) is 9. The van der Waals surface area contributed by atoms with Gasteiger partial charge in [-0.05, 0) is 59.0 Å². The summed E-state index contributed by atoms with van der Waals surface area (Å²) in [5, 5.41) is 46.6. The normalized spacial score (nSPS) is 16.0. The van der Waals surface area contributed by atoms with Crippen LogP contribution in [-0.4, -0.2) is 106 Å². The van der Waals surface area contributed by atoms with Gasteiger partial charge in [0.05, 0.1) is 0 Å². The van der Waals surface area contributed by atoms with E-state index in [-0.39, 0.29) is 44.8 Å². The van der Waals surface area contributed by atoms with Gasteiger partial charge < -0.3 is 46.3 Å². The Morgan fingerprint density at radius 3 is 2.10 bits per heavy atom. The third-order valence-electron chi connectivity index (χ3n) is 5.12. The van der Waals surface area contributed by atoms with Gasteiger partial charge in [0.2, 0.25) is 0 Å². The standard InChI is InChI=1S/C23H35N4O.2C2H6O2.CNS.2Ni/c1-5-27(6-2)14-13-26(4)18-21-16-19(3)15-20(23(21)28)17-24-12-10-22-9-7-8-11-25-22;2*1-2(3)4;2-1-3;;/h7-9,11,15-17,22H,5-6,10,12-14,18H2,1-4H3,(H,24,28);2*2-4H,1H3;;;/q-1;;;-1;2*+2. The number of nitrogens with one attached hydrogen (secondary N) is 1. The number of ketones is 1. The Hall–Kier alpha value is -1.48. The van der Waals surface area contributed by atoms with Crippen LogP contribution in [0, 0.1) is 0 Å². The maximum atomic E-state index is 12.9. The molecule has 1 atom stereocenters. The first-order valence-electron chi connectivity index (χ1n) is 13.0. The molecule has 10 nitrogen and oxygen atoms in total. The summed E-state index contributed by atoms with van der Waals surface area (Å²) in [6.45, 7) is 14.6. The van der Waals surface area contributed by atoms with Crippen molar-refractivity contribution in [2.75, 3.05) is 46.3 Å². The number of isothiocyanates is 1. The van der Waals surface area contributed by atoms with Crippen molar-refractivity contribution >= 4 is 23.2 Å². The number of nitrogens with zero attached hydrogens (tertiary/aromatic N) is 4. The SMILES string of the molecule is CC(O)O.CC(O)O.CCN(CC)CCN(C)CC1=CC(C)=CC(=CNCCC2C=CC=C[N-]2)C1=O.[N-]=C=S.[Ni+2].[Ni+2]. The quantitative estimate of drug-likeness (QED) is 0.0553. The molecule has 0 amide bonds. The van der Waals surface area contributed by atoms with Crippen molar-refractivity contribution in [1.29, 1.82) is 0 Å². The molecule has 0 saturated carbocycles. The van der Waals surface area contributed by atoms with Crippen LogP contribution >= 0.6 is 12.2 Å². The van der Waals surface area contributed by atoms with Crippen LogP contribution in [0.25, 0.3) is 10.7 Å². The summed E-state index contributed by atoms with van der Waals surface area (Å²) >= 11 is 3.70. The number of Topliss-reactive ketones (excluding diaryl/α,β-unsaturated/α-hetero) is 1. The number of carbonyl (C=O) groups is 1. The van der Waals surface area contributed by atoms with Crippen LogP contribution in [0.5, 0.6) is 0 Å². The summed E-state index contributed by atoms with van der Waals surface area (Å²) in [5.74, 6) is 0.123. The molecule has 5 N–H and O–H groups in total. The van der Waals surface area contributed by atoms with E-state index >= 15 is 0 Å². The maximum Gasteiger partial charge on any atom is 2.00 e. The summed E-state index contributed by atoms with van der Waals surface area (Å²) < 4.78 is 0. The van der Waals surface area contributed by atoms with Gasteiger partial charge in [-0.2, -0.15) is 11.4 Å². The van der Waals surface area contributed by atoms with Crippen LogP contribution in [0.2, 0.25) is 0 Å². The van der Waals surface area contributed by atoms with E-state index in [0.29, 0.717) is 6.54 Å². The van der Waals surface area contributed by atoms with Gasteiger partial charge in [0.1, 0.15) is 12.6 Å². The van der Waals surface area contributed by atoms with E-state index in [1.54, 1.807) is 0 Å². The third kappa shape index (κ3) is 28.4. The van der Waals surface area contributed by atoms with Crippen LogP contribution in [-0.2, 0) is 37.8 Å². The van der Waals surface area contributed by atoms with E-state index < -0.39 is 12.6 Å². The second-order valence-electron chi connectivity index (χ2n) is 8.79. The Morgan fingerprint density at radius 2 is 1.63 bits per heavy atom. The van der Waals surface area contributed by atoms with E-state index in [9.17, 15) is 4.79 Å². The molecule has 0 saturated heterocycles. The number of carbonyl (C=O) groups excluding carboxylic acids is 1. The van der Waals surface area contributed by atoms with Gasteiger partial charge in [0.15, 0.2) is 5.78 Å². The van der Waals surface area contributed by atoms with E-state index in [4.69, 9.17) is 25.8 Å². The molecular weight excluding hydrogens is 636 g/mol. The number of hydrogen-bond donors (Lipinski definition) is 5. The number of aliphatic hydroxyl groups is 4. The number of rotatable bonds is 11. The molecule has 0 aromatic rings. The smallest absolute Gasteiger partial charge is 0.753 e. The minimum atomic E-state index is -1.17. The Balaban J connectivity index is -0.000000452. The molecule has 41 heavy (non-hydrogen) atoms. The Morgan fingerprint density at radius 1 is 1.10 bits per heavy atom. The van der Waals surface area contributed by atoms with Crippen LogP contribution in [0.1, 0.15) is 41.0 Å². The van der Waals surface area contributed by atoms with E-state index in [2.05, 4.69) is 59.6 Å². The maximum absolute atomic E-state index is 12.9. The molecule has 0 aromatic heterocycles. The van der Waals surface area contributed by atoms with Gasteiger partial charge in [-0.15, -0.1) is 0 Å². The Kier molecular flexibility index (Phi) is 34.0. The number of thiocarbonyl (C=S) groups is 1. The minimum Gasteiger partial charge on any atom is -0.753 e. The zero-order valence-electron chi connectivity index (χ0n) is 24.7. The van der Waals surface area contributed by atoms with Crippen molar-refractivity contribution < 1.29 is 58.2 Å².